The van der Waals surface area contributed by atoms with Crippen molar-refractivity contribution >= 4 is 22.2 Å². The van der Waals surface area contributed by atoms with Crippen LogP contribution in [0.2, 0.25) is 0 Å². The SMILES string of the molecule is CC[C@H]1C2=CCNC(=C2)Nc2ccc3cc(O)ccc3c2CC[C@H](c2cc(O)c(O)c(OC)c2)CC(=O)[C@@H]1[C@H](O)CCc1ccc(O)c(OC)c1. The molecule has 268 valence electrons. The number of carbonyl (C=O) groups excluding carboxylic acids is 1. The van der Waals surface area contributed by atoms with Crippen LogP contribution in [0, 0.1) is 11.8 Å². The average Bonchev–Trinajstić information content (AvgIpc) is 3.13. The first-order valence-electron chi connectivity index (χ1n) is 17.4. The largest absolute Gasteiger partial charge is 0.508 e. The van der Waals surface area contributed by atoms with E-state index in [1.165, 1.54) is 20.3 Å². The molecule has 4 aromatic carbocycles. The molecule has 7 N–H and O–H groups in total. The third-order valence-electron chi connectivity index (χ3n) is 10.3. The highest BCUT2D eigenvalue weighted by Crippen LogP contribution is 2.43. The van der Waals surface area contributed by atoms with Crippen molar-refractivity contribution in [2.75, 3.05) is 26.1 Å². The number of allylic oxidation sites excluding steroid dienone is 2. The minimum Gasteiger partial charge on any atom is -0.508 e. The van der Waals surface area contributed by atoms with E-state index < -0.39 is 17.9 Å². The van der Waals surface area contributed by atoms with Crippen LogP contribution in [0.3, 0.4) is 0 Å². The van der Waals surface area contributed by atoms with E-state index in [2.05, 4.69) is 16.7 Å². The first-order valence-corrected chi connectivity index (χ1v) is 17.4. The third-order valence-corrected chi connectivity index (χ3v) is 10.3. The zero-order chi connectivity index (χ0) is 36.2. The van der Waals surface area contributed by atoms with Gasteiger partial charge in [-0.1, -0.05) is 31.2 Å². The van der Waals surface area contributed by atoms with Gasteiger partial charge in [0, 0.05) is 18.7 Å². The lowest BCUT2D eigenvalue weighted by molar-refractivity contribution is -0.129. The van der Waals surface area contributed by atoms with E-state index in [1.807, 2.05) is 31.2 Å². The number of nitrogens with one attached hydrogen (secondary N) is 2. The van der Waals surface area contributed by atoms with Crippen LogP contribution in [0.15, 0.2) is 84.2 Å². The molecule has 10 heteroatoms. The van der Waals surface area contributed by atoms with Crippen LogP contribution in [0.1, 0.15) is 55.2 Å². The van der Waals surface area contributed by atoms with Gasteiger partial charge in [-0.2, -0.15) is 0 Å². The lowest BCUT2D eigenvalue weighted by Crippen LogP contribution is -2.37. The van der Waals surface area contributed by atoms with Crippen molar-refractivity contribution < 1.29 is 39.8 Å². The molecule has 6 rings (SSSR count). The maximum atomic E-state index is 14.8. The fourth-order valence-corrected chi connectivity index (χ4v) is 7.67. The van der Waals surface area contributed by atoms with Crippen molar-refractivity contribution in [2.24, 2.45) is 11.8 Å². The molecule has 0 aliphatic carbocycles. The van der Waals surface area contributed by atoms with Gasteiger partial charge in [0.1, 0.15) is 17.4 Å². The lowest BCUT2D eigenvalue weighted by Gasteiger charge is -2.33. The number of methoxy groups -OCH3 is 2. The molecule has 2 aliphatic heterocycles. The summed E-state index contributed by atoms with van der Waals surface area (Å²) in [6.45, 7) is 2.57. The molecule has 0 fully saturated rings. The third kappa shape index (κ3) is 7.56. The molecule has 0 saturated heterocycles. The molecule has 2 heterocycles. The Kier molecular flexibility index (Phi) is 10.6. The number of phenols is 4. The molecule has 4 aromatic rings. The number of dihydropyridines is 1. The Morgan fingerprint density at radius 2 is 1.73 bits per heavy atom. The molecule has 10 nitrogen and oxygen atoms in total. The van der Waals surface area contributed by atoms with Crippen molar-refractivity contribution in [2.45, 2.75) is 57.5 Å². The second kappa shape index (κ2) is 15.3. The molecule has 2 bridgehead atoms. The summed E-state index contributed by atoms with van der Waals surface area (Å²) < 4.78 is 10.7. The summed E-state index contributed by atoms with van der Waals surface area (Å²) in [6, 6.07) is 17.5. The second-order valence-corrected chi connectivity index (χ2v) is 13.4. The number of hydrogen-bond acceptors (Lipinski definition) is 10. The summed E-state index contributed by atoms with van der Waals surface area (Å²) in [6.07, 6.45) is 5.61. The first kappa shape index (κ1) is 35.5. The quantitative estimate of drug-likeness (QED) is 0.0979. The van der Waals surface area contributed by atoms with Gasteiger partial charge in [0.2, 0.25) is 5.75 Å². The minimum absolute atomic E-state index is 0.0311. The van der Waals surface area contributed by atoms with Gasteiger partial charge < -0.3 is 45.6 Å². The van der Waals surface area contributed by atoms with Crippen molar-refractivity contribution in [3.05, 3.63) is 101 Å². The average molecular weight is 695 g/mol. The maximum Gasteiger partial charge on any atom is 0.200 e. The molecule has 0 saturated carbocycles. The van der Waals surface area contributed by atoms with Gasteiger partial charge in [-0.25, -0.2) is 0 Å². The molecular weight excluding hydrogens is 648 g/mol. The number of aliphatic hydroxyl groups is 1. The van der Waals surface area contributed by atoms with Crippen LogP contribution >= 0.6 is 0 Å². The Bertz CT molecular complexity index is 1990. The first-order chi connectivity index (χ1) is 24.6. The number of benzene rings is 4. The Hall–Kier alpha value is -5.35. The van der Waals surface area contributed by atoms with Crippen LogP contribution in [-0.2, 0) is 17.6 Å². The molecule has 0 aromatic heterocycles. The van der Waals surface area contributed by atoms with Crippen molar-refractivity contribution in [3.8, 4) is 34.5 Å². The van der Waals surface area contributed by atoms with Crippen LogP contribution < -0.4 is 20.1 Å². The lowest BCUT2D eigenvalue weighted by atomic mass is 9.73. The van der Waals surface area contributed by atoms with Gasteiger partial charge >= 0.3 is 0 Å². The topological polar surface area (TPSA) is 161 Å². The molecule has 0 radical (unpaired) electrons. The summed E-state index contributed by atoms with van der Waals surface area (Å²) in [5.74, 6) is -0.815. The standard InChI is InChI=1S/C41H46N2O8/c1-4-29-26-15-16-42-39(22-26)43-32-12-8-25-18-28(44)9-11-30(25)31(32)10-7-24(27-20-36(48)41(49)38(21-27)51-3)19-35(47)40(29)34(46)14-6-23-5-13-33(45)37(17-23)50-2/h5,8-9,11-13,15,17-18,20-22,24,29,34,40,42-46,48-49H,4,6-7,10,14,16,19H2,1-3H3/t24-,29-,34+,40-/m0/s1. The summed E-state index contributed by atoms with van der Waals surface area (Å²) in [5, 5.41) is 62.3. The summed E-state index contributed by atoms with van der Waals surface area (Å²) in [7, 11) is 2.90. The highest BCUT2D eigenvalue weighted by atomic mass is 16.5. The predicted molar refractivity (Wildman–Crippen MR) is 197 cm³/mol. The zero-order valence-electron chi connectivity index (χ0n) is 29.1. The van der Waals surface area contributed by atoms with Crippen LogP contribution in [0.25, 0.3) is 10.8 Å². The highest BCUT2D eigenvalue weighted by molar-refractivity contribution is 5.91. The smallest absolute Gasteiger partial charge is 0.200 e. The number of ether oxygens (including phenoxy) is 2. The van der Waals surface area contributed by atoms with E-state index >= 15 is 0 Å². The number of carbonyl (C=O) groups is 1. The van der Waals surface area contributed by atoms with Crippen molar-refractivity contribution in [1.82, 2.24) is 5.32 Å². The number of ketones is 1. The maximum absolute atomic E-state index is 14.8. The highest BCUT2D eigenvalue weighted by Gasteiger charge is 2.37. The molecule has 51 heavy (non-hydrogen) atoms. The number of hydrogen-bond donors (Lipinski definition) is 7. The van der Waals surface area contributed by atoms with Gasteiger partial charge in [-0.05, 0) is 126 Å². The molecular formula is C41H46N2O8. The van der Waals surface area contributed by atoms with Gasteiger partial charge in [-0.15, -0.1) is 0 Å². The summed E-state index contributed by atoms with van der Waals surface area (Å²) >= 11 is 0. The van der Waals surface area contributed by atoms with E-state index in [0.29, 0.717) is 50.0 Å². The van der Waals surface area contributed by atoms with E-state index in [0.717, 1.165) is 39.0 Å². The molecule has 2 aliphatic rings. The number of aryl methyl sites for hydroxylation is 2. The van der Waals surface area contributed by atoms with Crippen LogP contribution in [-0.4, -0.2) is 58.2 Å². The van der Waals surface area contributed by atoms with E-state index in [4.69, 9.17) is 9.47 Å². The normalized spacial score (nSPS) is 19.9. The second-order valence-electron chi connectivity index (χ2n) is 13.4. The summed E-state index contributed by atoms with van der Waals surface area (Å²) in [4.78, 5) is 14.8. The Balaban J connectivity index is 1.43. The van der Waals surface area contributed by atoms with Crippen LogP contribution in [0.5, 0.6) is 34.5 Å². The number of anilines is 1. The molecule has 0 amide bonds. The number of Topliss-reactive ketones (excluding diaryl/α,β-unsaturated/α-hetero) is 1. The predicted octanol–water partition coefficient (Wildman–Crippen LogP) is 6.79. The number of aromatic hydroxyl groups is 4. The number of aliphatic hydroxyl groups excluding tert-OH is 1. The van der Waals surface area contributed by atoms with Crippen molar-refractivity contribution in [1.29, 1.82) is 0 Å². The number of fused-ring (bicyclic) bond motifs is 4. The van der Waals surface area contributed by atoms with E-state index in [-0.39, 0.29) is 46.9 Å². The Morgan fingerprint density at radius 3 is 2.49 bits per heavy atom. The Morgan fingerprint density at radius 1 is 0.922 bits per heavy atom. The fraction of sp³-hybridized carbons (Fsp3) is 0.341. The van der Waals surface area contributed by atoms with Gasteiger partial charge in [0.15, 0.2) is 23.0 Å². The molecule has 0 unspecified atom stereocenters. The van der Waals surface area contributed by atoms with Gasteiger partial charge in [0.05, 0.1) is 26.2 Å². The Labute approximate surface area is 297 Å². The number of phenolic OH excluding ortho intramolecular Hbond substituents is 4. The molecule has 0 spiro atoms. The fourth-order valence-electron chi connectivity index (χ4n) is 7.67. The monoisotopic (exact) mass is 694 g/mol. The van der Waals surface area contributed by atoms with Gasteiger partial charge in [0.25, 0.3) is 0 Å². The summed E-state index contributed by atoms with van der Waals surface area (Å²) in [5.41, 5.74) is 4.35. The minimum atomic E-state index is -0.981. The molecule has 4 atom stereocenters. The van der Waals surface area contributed by atoms with Gasteiger partial charge in [-0.3, -0.25) is 4.79 Å². The van der Waals surface area contributed by atoms with Crippen molar-refractivity contribution in [3.63, 3.8) is 0 Å². The van der Waals surface area contributed by atoms with E-state index in [1.54, 1.807) is 36.4 Å². The zero-order valence-corrected chi connectivity index (χ0v) is 29.1. The van der Waals surface area contributed by atoms with Crippen LogP contribution in [0.4, 0.5) is 5.69 Å². The van der Waals surface area contributed by atoms with E-state index in [9.17, 15) is 30.3 Å². The number of rotatable bonds is 8.